The molecule has 158 valence electrons. The zero-order valence-corrected chi connectivity index (χ0v) is 17.4. The fourth-order valence-electron chi connectivity index (χ4n) is 2.80. The maximum atomic E-state index is 13.4. The number of thiazole rings is 2. The van der Waals surface area contributed by atoms with E-state index in [1.165, 1.54) is 40.9 Å². The molecule has 0 aliphatic rings. The van der Waals surface area contributed by atoms with Crippen LogP contribution >= 0.6 is 22.7 Å². The van der Waals surface area contributed by atoms with Gasteiger partial charge in [-0.15, -0.1) is 22.7 Å². The van der Waals surface area contributed by atoms with Gasteiger partial charge >= 0.3 is 6.61 Å². The number of anilines is 1. The maximum Gasteiger partial charge on any atom is 0.387 e. The van der Waals surface area contributed by atoms with Crippen molar-refractivity contribution in [3.05, 3.63) is 70.8 Å². The van der Waals surface area contributed by atoms with Crippen molar-refractivity contribution in [3.8, 4) is 27.6 Å². The number of ether oxygens (including phenoxy) is 1. The van der Waals surface area contributed by atoms with Gasteiger partial charge in [0.25, 0.3) is 0 Å². The van der Waals surface area contributed by atoms with Crippen molar-refractivity contribution in [2.75, 3.05) is 5.32 Å². The number of amides is 1. The molecule has 0 bridgehead atoms. The summed E-state index contributed by atoms with van der Waals surface area (Å²) < 4.78 is 43.1. The highest BCUT2D eigenvalue weighted by molar-refractivity contribution is 7.14. The molecule has 0 aliphatic carbocycles. The van der Waals surface area contributed by atoms with Gasteiger partial charge in [0, 0.05) is 21.9 Å². The minimum atomic E-state index is -2.95. The van der Waals surface area contributed by atoms with Gasteiger partial charge in [0.1, 0.15) is 16.6 Å². The second kappa shape index (κ2) is 9.27. The third-order valence-electron chi connectivity index (χ3n) is 4.09. The molecule has 0 saturated heterocycles. The van der Waals surface area contributed by atoms with Gasteiger partial charge in [-0.2, -0.15) is 8.78 Å². The standard InChI is InChI=1S/C21H14F3N3O2S2/c22-13-5-3-4-12(8-13)19-25-14(10-30-19)9-18(28)27-21-26-16(11-31-21)15-6-1-2-7-17(15)29-20(23)24/h1-8,10-11,20H,9H2,(H,26,27,28). The highest BCUT2D eigenvalue weighted by Crippen LogP contribution is 2.33. The summed E-state index contributed by atoms with van der Waals surface area (Å²) in [6.45, 7) is -2.95. The number of nitrogens with one attached hydrogen (secondary N) is 1. The number of alkyl halides is 2. The van der Waals surface area contributed by atoms with Crippen LogP contribution in [0.1, 0.15) is 5.69 Å². The normalized spacial score (nSPS) is 11.0. The lowest BCUT2D eigenvalue weighted by atomic mass is 10.1. The van der Waals surface area contributed by atoms with Gasteiger partial charge in [-0.05, 0) is 24.3 Å². The van der Waals surface area contributed by atoms with E-state index >= 15 is 0 Å². The van der Waals surface area contributed by atoms with E-state index < -0.39 is 6.61 Å². The zero-order chi connectivity index (χ0) is 21.8. The minimum Gasteiger partial charge on any atom is -0.434 e. The Bertz CT molecular complexity index is 1210. The predicted molar refractivity (Wildman–Crippen MR) is 114 cm³/mol. The van der Waals surface area contributed by atoms with Gasteiger partial charge in [-0.1, -0.05) is 24.3 Å². The number of hydrogen-bond acceptors (Lipinski definition) is 6. The van der Waals surface area contributed by atoms with Crippen LogP contribution in [0, 0.1) is 5.82 Å². The van der Waals surface area contributed by atoms with Crippen LogP contribution in [0.15, 0.2) is 59.3 Å². The summed E-state index contributed by atoms with van der Waals surface area (Å²) in [6, 6.07) is 12.4. The first kappa shape index (κ1) is 21.0. The van der Waals surface area contributed by atoms with Crippen LogP contribution < -0.4 is 10.1 Å². The Balaban J connectivity index is 1.42. The SMILES string of the molecule is O=C(Cc1csc(-c2cccc(F)c2)n1)Nc1nc(-c2ccccc2OC(F)F)cs1. The lowest BCUT2D eigenvalue weighted by Crippen LogP contribution is -2.14. The van der Waals surface area contributed by atoms with Crippen LogP contribution in [-0.2, 0) is 11.2 Å². The fraction of sp³-hybridized carbons (Fsp3) is 0.0952. The van der Waals surface area contributed by atoms with Crippen LogP contribution in [0.5, 0.6) is 5.75 Å². The predicted octanol–water partition coefficient (Wildman–Crippen LogP) is 5.86. The van der Waals surface area contributed by atoms with Gasteiger partial charge in [0.15, 0.2) is 5.13 Å². The topological polar surface area (TPSA) is 64.1 Å². The van der Waals surface area contributed by atoms with Crippen molar-refractivity contribution >= 4 is 33.7 Å². The zero-order valence-electron chi connectivity index (χ0n) is 15.7. The number of hydrogen-bond donors (Lipinski definition) is 1. The molecule has 1 amide bonds. The van der Waals surface area contributed by atoms with E-state index in [-0.39, 0.29) is 23.9 Å². The van der Waals surface area contributed by atoms with Crippen molar-refractivity contribution in [2.45, 2.75) is 13.0 Å². The number of aromatic nitrogens is 2. The first-order chi connectivity index (χ1) is 15.0. The summed E-state index contributed by atoms with van der Waals surface area (Å²) in [7, 11) is 0. The number of benzene rings is 2. The minimum absolute atomic E-state index is 0.00743. The van der Waals surface area contributed by atoms with Crippen molar-refractivity contribution < 1.29 is 22.7 Å². The fourth-order valence-corrected chi connectivity index (χ4v) is 4.35. The first-order valence-corrected chi connectivity index (χ1v) is 10.7. The molecule has 0 unspecified atom stereocenters. The Hall–Kier alpha value is -3.24. The molecule has 0 spiro atoms. The molecule has 2 heterocycles. The van der Waals surface area contributed by atoms with E-state index in [2.05, 4.69) is 20.0 Å². The molecular weight excluding hydrogens is 447 g/mol. The van der Waals surface area contributed by atoms with Crippen LogP contribution in [-0.4, -0.2) is 22.5 Å². The van der Waals surface area contributed by atoms with E-state index in [9.17, 15) is 18.0 Å². The van der Waals surface area contributed by atoms with Crippen molar-refractivity contribution in [1.82, 2.24) is 9.97 Å². The quantitative estimate of drug-likeness (QED) is 0.375. The van der Waals surface area contributed by atoms with Crippen LogP contribution in [0.25, 0.3) is 21.8 Å². The van der Waals surface area contributed by atoms with Crippen molar-refractivity contribution in [1.29, 1.82) is 0 Å². The van der Waals surface area contributed by atoms with Gasteiger partial charge in [0.2, 0.25) is 5.91 Å². The largest absolute Gasteiger partial charge is 0.434 e. The molecule has 4 rings (SSSR count). The Labute approximate surface area is 183 Å². The molecule has 5 nitrogen and oxygen atoms in total. The lowest BCUT2D eigenvalue weighted by molar-refractivity contribution is -0.115. The molecule has 2 aromatic carbocycles. The molecule has 4 aromatic rings. The summed E-state index contributed by atoms with van der Waals surface area (Å²) in [5.74, 6) is -0.672. The number of halogens is 3. The number of para-hydroxylation sites is 1. The van der Waals surface area contributed by atoms with E-state index in [4.69, 9.17) is 0 Å². The smallest absolute Gasteiger partial charge is 0.387 e. The highest BCUT2D eigenvalue weighted by Gasteiger charge is 2.15. The second-order valence-electron chi connectivity index (χ2n) is 6.29. The monoisotopic (exact) mass is 461 g/mol. The van der Waals surface area contributed by atoms with Gasteiger partial charge in [-0.25, -0.2) is 14.4 Å². The third-order valence-corrected chi connectivity index (χ3v) is 5.79. The van der Waals surface area contributed by atoms with Crippen LogP contribution in [0.2, 0.25) is 0 Å². The molecule has 2 aromatic heterocycles. The molecule has 0 aliphatic heterocycles. The molecule has 0 saturated carbocycles. The van der Waals surface area contributed by atoms with Crippen molar-refractivity contribution in [2.24, 2.45) is 0 Å². The number of nitrogens with zero attached hydrogens (tertiary/aromatic N) is 2. The Kier molecular flexibility index (Phi) is 6.28. The lowest BCUT2D eigenvalue weighted by Gasteiger charge is -2.08. The van der Waals surface area contributed by atoms with Crippen LogP contribution in [0.4, 0.5) is 18.3 Å². The highest BCUT2D eigenvalue weighted by atomic mass is 32.1. The summed E-state index contributed by atoms with van der Waals surface area (Å²) >= 11 is 2.49. The molecule has 0 fully saturated rings. The second-order valence-corrected chi connectivity index (χ2v) is 8.01. The van der Waals surface area contributed by atoms with E-state index in [1.807, 2.05) is 0 Å². The van der Waals surface area contributed by atoms with E-state index in [0.29, 0.717) is 32.7 Å². The number of carbonyl (C=O) groups is 1. The average molecular weight is 461 g/mol. The number of rotatable bonds is 7. The third kappa shape index (κ3) is 5.28. The Morgan fingerprint density at radius 1 is 1.06 bits per heavy atom. The van der Waals surface area contributed by atoms with Crippen molar-refractivity contribution in [3.63, 3.8) is 0 Å². The molecule has 1 N–H and O–H groups in total. The van der Waals surface area contributed by atoms with Crippen LogP contribution in [0.3, 0.4) is 0 Å². The van der Waals surface area contributed by atoms with Gasteiger partial charge < -0.3 is 10.1 Å². The first-order valence-electron chi connectivity index (χ1n) is 8.98. The Morgan fingerprint density at radius 2 is 1.90 bits per heavy atom. The van der Waals surface area contributed by atoms with Gasteiger partial charge in [0.05, 0.1) is 17.8 Å². The molecule has 31 heavy (non-hydrogen) atoms. The van der Waals surface area contributed by atoms with E-state index in [1.54, 1.807) is 41.1 Å². The molecule has 0 atom stereocenters. The maximum absolute atomic E-state index is 13.4. The average Bonchev–Trinajstić information content (AvgIpc) is 3.38. The molecule has 0 radical (unpaired) electrons. The number of carbonyl (C=O) groups excluding carboxylic acids is 1. The summed E-state index contributed by atoms with van der Waals surface area (Å²) in [6.07, 6.45) is 0.0197. The molecular formula is C21H14F3N3O2S2. The summed E-state index contributed by atoms with van der Waals surface area (Å²) in [5, 5.41) is 7.02. The summed E-state index contributed by atoms with van der Waals surface area (Å²) in [5.41, 5.74) is 2.01. The van der Waals surface area contributed by atoms with Gasteiger partial charge in [-0.3, -0.25) is 4.79 Å². The Morgan fingerprint density at radius 3 is 2.71 bits per heavy atom. The molecule has 10 heteroatoms. The van der Waals surface area contributed by atoms with E-state index in [0.717, 1.165) is 0 Å². The summed E-state index contributed by atoms with van der Waals surface area (Å²) in [4.78, 5) is 21.1.